The number of ether oxygens (including phenoxy) is 1. The molecular weight excluding hydrogens is 539 g/mol. The van der Waals surface area contributed by atoms with Crippen molar-refractivity contribution in [3.63, 3.8) is 0 Å². The van der Waals surface area contributed by atoms with Crippen molar-refractivity contribution in [3.8, 4) is 5.75 Å². The number of nitrogens with zero attached hydrogens (tertiary/aromatic N) is 4. The second-order valence-electron chi connectivity index (χ2n) is 8.02. The number of aryl methyl sites for hydroxylation is 1. The number of hydrogen-bond acceptors (Lipinski definition) is 4. The largest absolute Gasteiger partial charge is 0.497 e. The molecule has 0 radical (unpaired) electrons. The number of guanidine groups is 1. The molecule has 0 fully saturated rings. The van der Waals surface area contributed by atoms with Gasteiger partial charge in [-0.05, 0) is 47.9 Å². The van der Waals surface area contributed by atoms with E-state index < -0.39 is 0 Å². The van der Waals surface area contributed by atoms with Crippen LogP contribution in [0.4, 0.5) is 0 Å². The number of aliphatic imine (C=N–C) groups is 1. The lowest BCUT2D eigenvalue weighted by Crippen LogP contribution is -2.39. The van der Waals surface area contributed by atoms with Crippen LogP contribution in [0.15, 0.2) is 71.7 Å². The molecular formula is C26H31IN6O. The third-order valence-electron chi connectivity index (χ3n) is 5.82. The number of nitrogens with one attached hydrogen (secondary N) is 2. The van der Waals surface area contributed by atoms with E-state index in [1.54, 1.807) is 7.11 Å². The number of aromatic nitrogens is 3. The third kappa shape index (κ3) is 6.05. The molecule has 34 heavy (non-hydrogen) atoms. The van der Waals surface area contributed by atoms with E-state index >= 15 is 0 Å². The third-order valence-corrected chi connectivity index (χ3v) is 5.82. The van der Waals surface area contributed by atoms with Gasteiger partial charge < -0.3 is 19.9 Å². The fourth-order valence-corrected chi connectivity index (χ4v) is 3.73. The van der Waals surface area contributed by atoms with Gasteiger partial charge in [-0.2, -0.15) is 0 Å². The van der Waals surface area contributed by atoms with Crippen molar-refractivity contribution < 1.29 is 4.74 Å². The Bertz CT molecular complexity index is 1250. The van der Waals surface area contributed by atoms with E-state index in [2.05, 4.69) is 70.2 Å². The molecule has 0 aliphatic heterocycles. The molecule has 2 N–H and O–H groups in total. The highest BCUT2D eigenvalue weighted by atomic mass is 127. The molecule has 1 aromatic heterocycles. The first-order chi connectivity index (χ1) is 16.0. The molecule has 7 nitrogen and oxygen atoms in total. The van der Waals surface area contributed by atoms with Crippen molar-refractivity contribution in [2.75, 3.05) is 7.11 Å². The molecule has 1 heterocycles. The summed E-state index contributed by atoms with van der Waals surface area (Å²) in [6.07, 6.45) is 0. The number of hydrogen-bond donors (Lipinski definition) is 2. The lowest BCUT2D eigenvalue weighted by Gasteiger charge is -2.20. The Morgan fingerprint density at radius 3 is 2.47 bits per heavy atom. The van der Waals surface area contributed by atoms with Gasteiger partial charge in [-0.15, -0.1) is 34.2 Å². The summed E-state index contributed by atoms with van der Waals surface area (Å²) in [5.74, 6) is 3.28. The van der Waals surface area contributed by atoms with Crippen molar-refractivity contribution in [2.45, 2.75) is 33.0 Å². The topological polar surface area (TPSA) is 76.4 Å². The summed E-state index contributed by atoms with van der Waals surface area (Å²) in [6.45, 7) is 5.16. The average Bonchev–Trinajstić information content (AvgIpc) is 3.17. The fraction of sp³-hybridized carbons (Fsp3) is 0.269. The highest BCUT2D eigenvalue weighted by Crippen LogP contribution is 2.24. The smallest absolute Gasteiger partial charge is 0.192 e. The van der Waals surface area contributed by atoms with Crippen LogP contribution in [0.2, 0.25) is 0 Å². The van der Waals surface area contributed by atoms with E-state index in [-0.39, 0.29) is 30.0 Å². The molecule has 1 unspecified atom stereocenters. The zero-order valence-electron chi connectivity index (χ0n) is 19.9. The quantitative estimate of drug-likeness (QED) is 0.188. The molecule has 3 aromatic carbocycles. The van der Waals surface area contributed by atoms with Crippen LogP contribution in [0.5, 0.6) is 5.75 Å². The number of methoxy groups -OCH3 is 1. The molecule has 0 bridgehead atoms. The Morgan fingerprint density at radius 1 is 1.03 bits per heavy atom. The van der Waals surface area contributed by atoms with E-state index in [1.807, 2.05) is 42.8 Å². The maximum absolute atomic E-state index is 5.26. The summed E-state index contributed by atoms with van der Waals surface area (Å²) < 4.78 is 7.23. The van der Waals surface area contributed by atoms with E-state index in [0.29, 0.717) is 19.0 Å². The van der Waals surface area contributed by atoms with Crippen LogP contribution in [-0.2, 0) is 20.1 Å². The van der Waals surface area contributed by atoms with Gasteiger partial charge in [-0.25, -0.2) is 4.99 Å². The van der Waals surface area contributed by atoms with E-state index in [0.717, 1.165) is 23.0 Å². The lowest BCUT2D eigenvalue weighted by molar-refractivity contribution is 0.414. The average molecular weight is 570 g/mol. The van der Waals surface area contributed by atoms with Gasteiger partial charge in [0.1, 0.15) is 11.6 Å². The molecule has 0 amide bonds. The van der Waals surface area contributed by atoms with Crippen molar-refractivity contribution in [2.24, 2.45) is 12.0 Å². The minimum Gasteiger partial charge on any atom is -0.497 e. The highest BCUT2D eigenvalue weighted by Gasteiger charge is 2.13. The van der Waals surface area contributed by atoms with Crippen molar-refractivity contribution in [1.29, 1.82) is 0 Å². The number of fused-ring (bicyclic) bond motifs is 1. The van der Waals surface area contributed by atoms with Gasteiger partial charge in [0.15, 0.2) is 11.8 Å². The predicted octanol–water partition coefficient (Wildman–Crippen LogP) is 4.90. The first kappa shape index (κ1) is 25.5. The summed E-state index contributed by atoms with van der Waals surface area (Å²) in [5, 5.41) is 17.9. The first-order valence-electron chi connectivity index (χ1n) is 11.1. The molecule has 0 saturated heterocycles. The summed E-state index contributed by atoms with van der Waals surface area (Å²) in [5.41, 5.74) is 2.32. The molecule has 0 saturated carbocycles. The van der Waals surface area contributed by atoms with Gasteiger partial charge in [0.25, 0.3) is 0 Å². The van der Waals surface area contributed by atoms with Crippen molar-refractivity contribution >= 4 is 40.7 Å². The minimum absolute atomic E-state index is 0. The van der Waals surface area contributed by atoms with Gasteiger partial charge >= 0.3 is 0 Å². The molecule has 178 valence electrons. The highest BCUT2D eigenvalue weighted by molar-refractivity contribution is 14.0. The van der Waals surface area contributed by atoms with Crippen LogP contribution < -0.4 is 15.4 Å². The summed E-state index contributed by atoms with van der Waals surface area (Å²) in [6, 6.07) is 22.8. The van der Waals surface area contributed by atoms with Crippen molar-refractivity contribution in [1.82, 2.24) is 25.4 Å². The van der Waals surface area contributed by atoms with Crippen molar-refractivity contribution in [3.05, 3.63) is 89.5 Å². The van der Waals surface area contributed by atoms with E-state index in [1.165, 1.54) is 16.3 Å². The van der Waals surface area contributed by atoms with Crippen LogP contribution in [-0.4, -0.2) is 27.8 Å². The fourth-order valence-electron chi connectivity index (χ4n) is 3.73. The van der Waals surface area contributed by atoms with Crippen LogP contribution in [0.25, 0.3) is 10.8 Å². The molecule has 4 aromatic rings. The molecule has 4 rings (SSSR count). The van der Waals surface area contributed by atoms with Gasteiger partial charge in [-0.3, -0.25) is 0 Å². The number of benzene rings is 3. The number of rotatable bonds is 7. The molecule has 1 atom stereocenters. The Hall–Kier alpha value is -3.14. The first-order valence-corrected chi connectivity index (χ1v) is 11.1. The summed E-state index contributed by atoms with van der Waals surface area (Å²) >= 11 is 0. The lowest BCUT2D eigenvalue weighted by atomic mass is 10.00. The Balaban J connectivity index is 0.00000324. The predicted molar refractivity (Wildman–Crippen MR) is 148 cm³/mol. The number of halogens is 1. The monoisotopic (exact) mass is 570 g/mol. The van der Waals surface area contributed by atoms with Crippen LogP contribution in [0, 0.1) is 6.92 Å². The Morgan fingerprint density at radius 2 is 1.76 bits per heavy atom. The standard InChI is InChI=1S/C26H30N6O.HI/c1-18(23-11-7-9-21-8-5-6-10-24(21)23)29-26(28-17-25-31-30-19(2)32(25)3)27-16-20-12-14-22(33-4)15-13-20;/h5-15,18H,16-17H2,1-4H3,(H2,27,28,29);1H. The van der Waals surface area contributed by atoms with Crippen LogP contribution in [0.1, 0.15) is 35.7 Å². The van der Waals surface area contributed by atoms with Gasteiger partial charge in [-0.1, -0.05) is 54.6 Å². The molecule has 0 aliphatic carbocycles. The van der Waals surface area contributed by atoms with E-state index in [9.17, 15) is 0 Å². The maximum Gasteiger partial charge on any atom is 0.192 e. The van der Waals surface area contributed by atoms with Gasteiger partial charge in [0.2, 0.25) is 0 Å². The Kier molecular flexibility index (Phi) is 8.86. The zero-order chi connectivity index (χ0) is 23.2. The second-order valence-corrected chi connectivity index (χ2v) is 8.02. The zero-order valence-corrected chi connectivity index (χ0v) is 22.3. The molecule has 0 aliphatic rings. The minimum atomic E-state index is 0. The second kappa shape index (κ2) is 11.8. The van der Waals surface area contributed by atoms with Crippen LogP contribution in [0.3, 0.4) is 0 Å². The molecule has 0 spiro atoms. The van der Waals surface area contributed by atoms with E-state index in [4.69, 9.17) is 9.73 Å². The van der Waals surface area contributed by atoms with Gasteiger partial charge in [0, 0.05) is 7.05 Å². The van der Waals surface area contributed by atoms with Gasteiger partial charge in [0.05, 0.1) is 26.2 Å². The SMILES string of the molecule is COc1ccc(CN=C(NCc2nnc(C)n2C)NC(C)c2cccc3ccccc23)cc1.I. The van der Waals surface area contributed by atoms with Crippen LogP contribution >= 0.6 is 24.0 Å². The summed E-state index contributed by atoms with van der Waals surface area (Å²) in [4.78, 5) is 4.84. The molecule has 8 heteroatoms. The maximum atomic E-state index is 5.26. The Labute approximate surface area is 217 Å². The normalized spacial score (nSPS) is 12.2. The summed E-state index contributed by atoms with van der Waals surface area (Å²) in [7, 11) is 3.63.